The van der Waals surface area contributed by atoms with Gasteiger partial charge >= 0.3 is 0 Å². The third-order valence-electron chi connectivity index (χ3n) is 3.72. The van der Waals surface area contributed by atoms with E-state index in [1.165, 1.54) is 0 Å². The topological polar surface area (TPSA) is 58.2 Å². The van der Waals surface area contributed by atoms with Crippen molar-refractivity contribution in [3.8, 4) is 0 Å². The van der Waals surface area contributed by atoms with Gasteiger partial charge in [-0.15, -0.1) is 0 Å². The number of carbonyl (C=O) groups is 2. The first kappa shape index (κ1) is 13.6. The molecule has 19 heavy (non-hydrogen) atoms. The zero-order chi connectivity index (χ0) is 14.0. The average molecular weight is 260 g/mol. The molecule has 1 aromatic rings. The summed E-state index contributed by atoms with van der Waals surface area (Å²) < 4.78 is 0. The van der Waals surface area contributed by atoms with Crippen molar-refractivity contribution in [1.82, 2.24) is 5.32 Å². The number of nitrogens with one attached hydrogen (secondary N) is 2. The molecule has 0 aliphatic carbocycles. The molecule has 2 N–H and O–H groups in total. The smallest absolute Gasteiger partial charge is 0.251 e. The molecule has 1 aromatic carbocycles. The first-order chi connectivity index (χ1) is 8.97. The van der Waals surface area contributed by atoms with E-state index in [0.29, 0.717) is 30.4 Å². The number of fused-ring (bicyclic) bond motifs is 1. The van der Waals surface area contributed by atoms with E-state index in [2.05, 4.69) is 31.4 Å². The Kier molecular flexibility index (Phi) is 3.88. The molecule has 0 radical (unpaired) electrons. The van der Waals surface area contributed by atoms with Gasteiger partial charge in [-0.1, -0.05) is 26.8 Å². The van der Waals surface area contributed by atoms with Crippen LogP contribution in [0, 0.1) is 11.8 Å². The van der Waals surface area contributed by atoms with Crippen molar-refractivity contribution in [2.75, 3.05) is 11.9 Å². The number of amides is 2. The van der Waals surface area contributed by atoms with E-state index in [1.54, 1.807) is 12.1 Å². The van der Waals surface area contributed by atoms with Crippen molar-refractivity contribution in [3.05, 3.63) is 29.3 Å². The fraction of sp³-hybridized carbons (Fsp3) is 0.467. The predicted octanol–water partition coefficient (Wildman–Crippen LogP) is 2.20. The summed E-state index contributed by atoms with van der Waals surface area (Å²) in [6.07, 6.45) is 0.404. The highest BCUT2D eigenvalue weighted by molar-refractivity contribution is 6.02. The molecule has 4 nitrogen and oxygen atoms in total. The normalized spacial score (nSPS) is 15.1. The average Bonchev–Trinajstić information content (AvgIpc) is 2.74. The Bertz CT molecular complexity index is 509. The highest BCUT2D eigenvalue weighted by Crippen LogP contribution is 2.24. The summed E-state index contributed by atoms with van der Waals surface area (Å²) in [7, 11) is 0. The van der Waals surface area contributed by atoms with E-state index in [4.69, 9.17) is 0 Å². The number of hydrogen-bond acceptors (Lipinski definition) is 2. The monoisotopic (exact) mass is 260 g/mol. The third kappa shape index (κ3) is 3.13. The summed E-state index contributed by atoms with van der Waals surface area (Å²) in [6.45, 7) is 7.07. The Hall–Kier alpha value is -1.84. The van der Waals surface area contributed by atoms with Crippen LogP contribution in [-0.4, -0.2) is 18.4 Å². The Morgan fingerprint density at radius 2 is 2.11 bits per heavy atom. The second-order valence-corrected chi connectivity index (χ2v) is 5.53. The lowest BCUT2D eigenvalue weighted by atomic mass is 9.98. The van der Waals surface area contributed by atoms with Gasteiger partial charge in [0.2, 0.25) is 5.91 Å². The molecule has 1 unspecified atom stereocenters. The molecule has 1 heterocycles. The van der Waals surface area contributed by atoms with Gasteiger partial charge in [0, 0.05) is 17.8 Å². The van der Waals surface area contributed by atoms with Crippen LogP contribution >= 0.6 is 0 Å². The molecule has 102 valence electrons. The van der Waals surface area contributed by atoms with Crippen molar-refractivity contribution in [2.45, 2.75) is 27.2 Å². The standard InChI is InChI=1S/C15H20N2O2/c1-9(2)10(3)8-16-15(19)12-5-4-11-7-14(18)17-13(11)6-12/h4-6,9-10H,7-8H2,1-3H3,(H,16,19)(H,17,18). The van der Waals surface area contributed by atoms with Gasteiger partial charge in [-0.2, -0.15) is 0 Å². The highest BCUT2D eigenvalue weighted by atomic mass is 16.2. The molecule has 0 saturated heterocycles. The van der Waals surface area contributed by atoms with Crippen LogP contribution in [0.1, 0.15) is 36.7 Å². The second kappa shape index (κ2) is 5.43. The molecule has 4 heteroatoms. The summed E-state index contributed by atoms with van der Waals surface area (Å²) >= 11 is 0. The van der Waals surface area contributed by atoms with Crippen LogP contribution in [0.25, 0.3) is 0 Å². The minimum Gasteiger partial charge on any atom is -0.352 e. The predicted molar refractivity (Wildman–Crippen MR) is 75.1 cm³/mol. The molecule has 0 bridgehead atoms. The van der Waals surface area contributed by atoms with Crippen LogP contribution in [0.2, 0.25) is 0 Å². The SMILES string of the molecule is CC(C)C(C)CNC(=O)c1ccc2c(c1)NC(=O)C2. The quantitative estimate of drug-likeness (QED) is 0.872. The highest BCUT2D eigenvalue weighted by Gasteiger charge is 2.19. The van der Waals surface area contributed by atoms with Crippen molar-refractivity contribution in [3.63, 3.8) is 0 Å². The molecule has 1 aliphatic heterocycles. The van der Waals surface area contributed by atoms with Gasteiger partial charge in [-0.25, -0.2) is 0 Å². The maximum atomic E-state index is 12.0. The third-order valence-corrected chi connectivity index (χ3v) is 3.72. The summed E-state index contributed by atoms with van der Waals surface area (Å²) in [4.78, 5) is 23.3. The largest absolute Gasteiger partial charge is 0.352 e. The maximum absolute atomic E-state index is 12.0. The van der Waals surface area contributed by atoms with Crippen LogP contribution < -0.4 is 10.6 Å². The zero-order valence-corrected chi connectivity index (χ0v) is 11.6. The first-order valence-corrected chi connectivity index (χ1v) is 6.68. The lowest BCUT2D eigenvalue weighted by molar-refractivity contribution is -0.115. The minimum absolute atomic E-state index is 0.0130. The van der Waals surface area contributed by atoms with Crippen LogP contribution in [0.3, 0.4) is 0 Å². The number of benzene rings is 1. The van der Waals surface area contributed by atoms with Gasteiger partial charge in [-0.3, -0.25) is 9.59 Å². The Labute approximate surface area is 113 Å². The Morgan fingerprint density at radius 3 is 2.79 bits per heavy atom. The number of carbonyl (C=O) groups excluding carboxylic acids is 2. The summed E-state index contributed by atoms with van der Waals surface area (Å²) in [5.74, 6) is 0.884. The summed E-state index contributed by atoms with van der Waals surface area (Å²) in [5.41, 5.74) is 2.31. The Morgan fingerprint density at radius 1 is 1.37 bits per heavy atom. The molecule has 1 aliphatic rings. The molecule has 1 atom stereocenters. The lowest BCUT2D eigenvalue weighted by Gasteiger charge is -2.16. The van der Waals surface area contributed by atoms with Crippen LogP contribution in [0.4, 0.5) is 5.69 Å². The molecule has 2 rings (SSSR count). The van der Waals surface area contributed by atoms with Crippen molar-refractivity contribution >= 4 is 17.5 Å². The van der Waals surface area contributed by atoms with E-state index in [1.807, 2.05) is 6.07 Å². The van der Waals surface area contributed by atoms with Crippen molar-refractivity contribution in [1.29, 1.82) is 0 Å². The van der Waals surface area contributed by atoms with Crippen LogP contribution in [0.5, 0.6) is 0 Å². The number of anilines is 1. The number of rotatable bonds is 4. The van der Waals surface area contributed by atoms with E-state index in [9.17, 15) is 9.59 Å². The van der Waals surface area contributed by atoms with Gasteiger partial charge in [0.15, 0.2) is 0 Å². The van der Waals surface area contributed by atoms with Gasteiger partial charge < -0.3 is 10.6 Å². The van der Waals surface area contributed by atoms with Gasteiger partial charge in [0.1, 0.15) is 0 Å². The van der Waals surface area contributed by atoms with Crippen molar-refractivity contribution in [2.24, 2.45) is 11.8 Å². The maximum Gasteiger partial charge on any atom is 0.251 e. The Balaban J connectivity index is 2.01. The van der Waals surface area contributed by atoms with E-state index < -0.39 is 0 Å². The lowest BCUT2D eigenvalue weighted by Crippen LogP contribution is -2.30. The molecule has 2 amide bonds. The number of hydrogen-bond donors (Lipinski definition) is 2. The van der Waals surface area contributed by atoms with E-state index in [-0.39, 0.29) is 11.8 Å². The van der Waals surface area contributed by atoms with Gasteiger partial charge in [-0.05, 0) is 29.5 Å². The van der Waals surface area contributed by atoms with E-state index in [0.717, 1.165) is 11.3 Å². The first-order valence-electron chi connectivity index (χ1n) is 6.68. The minimum atomic E-state index is -0.0866. The fourth-order valence-electron chi connectivity index (χ4n) is 1.95. The summed E-state index contributed by atoms with van der Waals surface area (Å²) in [6, 6.07) is 5.36. The van der Waals surface area contributed by atoms with Gasteiger partial charge in [0.05, 0.1) is 6.42 Å². The molecular weight excluding hydrogens is 240 g/mol. The molecule has 0 spiro atoms. The van der Waals surface area contributed by atoms with Crippen molar-refractivity contribution < 1.29 is 9.59 Å². The molecule has 0 saturated carbocycles. The van der Waals surface area contributed by atoms with Crippen LogP contribution in [-0.2, 0) is 11.2 Å². The fourth-order valence-corrected chi connectivity index (χ4v) is 1.95. The molecule has 0 aromatic heterocycles. The zero-order valence-electron chi connectivity index (χ0n) is 11.6. The van der Waals surface area contributed by atoms with Crippen LogP contribution in [0.15, 0.2) is 18.2 Å². The summed E-state index contributed by atoms with van der Waals surface area (Å²) in [5, 5.41) is 5.69. The second-order valence-electron chi connectivity index (χ2n) is 5.53. The molecular formula is C15H20N2O2. The molecule has 0 fully saturated rings. The van der Waals surface area contributed by atoms with E-state index >= 15 is 0 Å². The van der Waals surface area contributed by atoms with Gasteiger partial charge in [0.25, 0.3) is 5.91 Å².